The molecule has 0 N–H and O–H groups in total. The summed E-state index contributed by atoms with van der Waals surface area (Å²) in [6, 6.07) is 9.84. The van der Waals surface area contributed by atoms with Crippen LogP contribution in [0.4, 0.5) is 0 Å². The van der Waals surface area contributed by atoms with E-state index in [1.807, 2.05) is 35.4 Å². The van der Waals surface area contributed by atoms with Crippen LogP contribution in [0.1, 0.15) is 35.4 Å². The summed E-state index contributed by atoms with van der Waals surface area (Å²) >= 11 is 0. The molecule has 2 aromatic rings. The van der Waals surface area contributed by atoms with Crippen molar-refractivity contribution in [3.8, 4) is 5.75 Å². The number of benzene rings is 1. The van der Waals surface area contributed by atoms with Gasteiger partial charge in [-0.1, -0.05) is 19.1 Å². The Morgan fingerprint density at radius 2 is 2.00 bits per heavy atom. The van der Waals surface area contributed by atoms with E-state index < -0.39 is 0 Å². The lowest BCUT2D eigenvalue weighted by Gasteiger charge is -2.24. The fourth-order valence-corrected chi connectivity index (χ4v) is 3.34. The molecule has 1 aromatic carbocycles. The highest BCUT2D eigenvalue weighted by molar-refractivity contribution is 5.92. The van der Waals surface area contributed by atoms with Gasteiger partial charge in [-0.3, -0.25) is 9.48 Å². The SMILES string of the molecule is COCCn1ccc(C(=O)N2C[C@@H](C)C[C@H]2c2ccc(OC)cc2)n1. The third-order valence-corrected chi connectivity index (χ3v) is 4.66. The van der Waals surface area contributed by atoms with E-state index in [9.17, 15) is 4.79 Å². The fourth-order valence-electron chi connectivity index (χ4n) is 3.34. The first-order valence-electron chi connectivity index (χ1n) is 8.59. The van der Waals surface area contributed by atoms with Gasteiger partial charge in [0.1, 0.15) is 11.4 Å². The number of hydrogen-bond acceptors (Lipinski definition) is 4. The summed E-state index contributed by atoms with van der Waals surface area (Å²) in [5.74, 6) is 1.28. The molecule has 0 radical (unpaired) electrons. The minimum absolute atomic E-state index is 0.0127. The number of hydrogen-bond donors (Lipinski definition) is 0. The van der Waals surface area contributed by atoms with Crippen molar-refractivity contribution in [3.05, 3.63) is 47.8 Å². The lowest BCUT2D eigenvalue weighted by atomic mass is 10.0. The van der Waals surface area contributed by atoms with Crippen LogP contribution in [0.15, 0.2) is 36.5 Å². The minimum atomic E-state index is -0.0127. The number of methoxy groups -OCH3 is 2. The molecule has 1 saturated heterocycles. The van der Waals surface area contributed by atoms with E-state index in [0.717, 1.165) is 24.3 Å². The number of nitrogens with zero attached hydrogens (tertiary/aromatic N) is 3. The molecule has 0 saturated carbocycles. The Morgan fingerprint density at radius 3 is 2.68 bits per heavy atom. The fraction of sp³-hybridized carbons (Fsp3) is 0.474. The molecule has 3 rings (SSSR count). The van der Waals surface area contributed by atoms with Crippen molar-refractivity contribution in [2.24, 2.45) is 5.92 Å². The second kappa shape index (κ2) is 7.70. The van der Waals surface area contributed by atoms with Crippen LogP contribution in [0.25, 0.3) is 0 Å². The molecule has 2 atom stereocenters. The third-order valence-electron chi connectivity index (χ3n) is 4.66. The van der Waals surface area contributed by atoms with E-state index in [2.05, 4.69) is 12.0 Å². The molecule has 1 aliphatic rings. The molecule has 6 heteroatoms. The zero-order chi connectivity index (χ0) is 17.8. The van der Waals surface area contributed by atoms with Gasteiger partial charge < -0.3 is 14.4 Å². The van der Waals surface area contributed by atoms with Crippen molar-refractivity contribution in [3.63, 3.8) is 0 Å². The Labute approximate surface area is 148 Å². The molecule has 1 amide bonds. The predicted molar refractivity (Wildman–Crippen MR) is 94.7 cm³/mol. The first kappa shape index (κ1) is 17.5. The Balaban J connectivity index is 1.78. The molecule has 0 unspecified atom stereocenters. The zero-order valence-electron chi connectivity index (χ0n) is 15.0. The molecule has 1 fully saturated rings. The van der Waals surface area contributed by atoms with Crippen LogP contribution in [0.2, 0.25) is 0 Å². The number of amides is 1. The molecular formula is C19H25N3O3. The van der Waals surface area contributed by atoms with Gasteiger partial charge in [0, 0.05) is 19.9 Å². The van der Waals surface area contributed by atoms with Crippen LogP contribution in [0, 0.1) is 5.92 Å². The molecular weight excluding hydrogens is 318 g/mol. The summed E-state index contributed by atoms with van der Waals surface area (Å²) in [6.07, 6.45) is 2.79. The molecule has 0 bridgehead atoms. The largest absolute Gasteiger partial charge is 0.497 e. The van der Waals surface area contributed by atoms with Gasteiger partial charge >= 0.3 is 0 Å². The lowest BCUT2D eigenvalue weighted by molar-refractivity contribution is 0.0724. The van der Waals surface area contributed by atoms with E-state index >= 15 is 0 Å². The first-order valence-corrected chi connectivity index (χ1v) is 8.59. The highest BCUT2D eigenvalue weighted by atomic mass is 16.5. The van der Waals surface area contributed by atoms with Crippen molar-refractivity contribution in [1.82, 2.24) is 14.7 Å². The van der Waals surface area contributed by atoms with E-state index in [1.165, 1.54) is 0 Å². The van der Waals surface area contributed by atoms with Crippen LogP contribution >= 0.6 is 0 Å². The summed E-state index contributed by atoms with van der Waals surface area (Å²) in [5, 5.41) is 4.40. The normalized spacial score (nSPS) is 20.0. The summed E-state index contributed by atoms with van der Waals surface area (Å²) in [4.78, 5) is 14.9. The highest BCUT2D eigenvalue weighted by Crippen LogP contribution is 2.36. The average molecular weight is 343 g/mol. The van der Waals surface area contributed by atoms with Crippen molar-refractivity contribution in [2.45, 2.75) is 25.9 Å². The monoisotopic (exact) mass is 343 g/mol. The molecule has 0 spiro atoms. The Morgan fingerprint density at radius 1 is 1.24 bits per heavy atom. The van der Waals surface area contributed by atoms with Gasteiger partial charge in [0.25, 0.3) is 5.91 Å². The van der Waals surface area contributed by atoms with Crippen molar-refractivity contribution >= 4 is 5.91 Å². The van der Waals surface area contributed by atoms with Gasteiger partial charge in [-0.05, 0) is 36.1 Å². The quantitative estimate of drug-likeness (QED) is 0.809. The summed E-state index contributed by atoms with van der Waals surface area (Å²) in [5.41, 5.74) is 1.63. The van der Waals surface area contributed by atoms with E-state index in [4.69, 9.17) is 9.47 Å². The van der Waals surface area contributed by atoms with Crippen LogP contribution in [0.3, 0.4) is 0 Å². The zero-order valence-corrected chi connectivity index (χ0v) is 15.0. The number of carbonyl (C=O) groups is 1. The van der Waals surface area contributed by atoms with Crippen LogP contribution in [0.5, 0.6) is 5.75 Å². The third kappa shape index (κ3) is 3.85. The summed E-state index contributed by atoms with van der Waals surface area (Å²) in [6.45, 7) is 4.15. The number of rotatable bonds is 6. The van der Waals surface area contributed by atoms with E-state index in [1.54, 1.807) is 25.0 Å². The lowest BCUT2D eigenvalue weighted by Crippen LogP contribution is -2.31. The first-order chi connectivity index (χ1) is 12.1. The molecule has 1 aromatic heterocycles. The number of ether oxygens (including phenoxy) is 2. The average Bonchev–Trinajstić information content (AvgIpc) is 3.26. The minimum Gasteiger partial charge on any atom is -0.497 e. The maximum absolute atomic E-state index is 13.0. The maximum Gasteiger partial charge on any atom is 0.274 e. The number of likely N-dealkylation sites (tertiary alicyclic amines) is 1. The van der Waals surface area contributed by atoms with Gasteiger partial charge in [0.15, 0.2) is 0 Å². The molecule has 25 heavy (non-hydrogen) atoms. The predicted octanol–water partition coefficient (Wildman–Crippen LogP) is 2.76. The highest BCUT2D eigenvalue weighted by Gasteiger charge is 2.35. The Hall–Kier alpha value is -2.34. The van der Waals surface area contributed by atoms with Gasteiger partial charge in [0.05, 0.1) is 26.3 Å². The number of aromatic nitrogens is 2. The van der Waals surface area contributed by atoms with Gasteiger partial charge in [-0.2, -0.15) is 5.10 Å². The Kier molecular flexibility index (Phi) is 5.38. The van der Waals surface area contributed by atoms with Gasteiger partial charge in [0.2, 0.25) is 0 Å². The molecule has 134 valence electrons. The maximum atomic E-state index is 13.0. The second-order valence-corrected chi connectivity index (χ2v) is 6.54. The van der Waals surface area contributed by atoms with E-state index in [0.29, 0.717) is 24.8 Å². The topological polar surface area (TPSA) is 56.6 Å². The molecule has 6 nitrogen and oxygen atoms in total. The summed E-state index contributed by atoms with van der Waals surface area (Å²) < 4.78 is 12.0. The van der Waals surface area contributed by atoms with Gasteiger partial charge in [-0.15, -0.1) is 0 Å². The smallest absolute Gasteiger partial charge is 0.274 e. The second-order valence-electron chi connectivity index (χ2n) is 6.54. The summed E-state index contributed by atoms with van der Waals surface area (Å²) in [7, 11) is 3.31. The Bertz CT molecular complexity index is 711. The van der Waals surface area contributed by atoms with Crippen LogP contribution in [-0.2, 0) is 11.3 Å². The van der Waals surface area contributed by atoms with Gasteiger partial charge in [-0.25, -0.2) is 0 Å². The molecule has 2 heterocycles. The van der Waals surface area contributed by atoms with Crippen molar-refractivity contribution < 1.29 is 14.3 Å². The van der Waals surface area contributed by atoms with Crippen LogP contribution < -0.4 is 4.74 Å². The standard InChI is InChI=1S/C19H25N3O3/c1-14-12-18(15-4-6-16(25-3)7-5-15)22(13-14)19(23)17-8-9-21(20-17)10-11-24-2/h4-9,14,18H,10-13H2,1-3H3/t14-,18-/m0/s1. The molecule has 1 aliphatic heterocycles. The van der Waals surface area contributed by atoms with E-state index in [-0.39, 0.29) is 11.9 Å². The van der Waals surface area contributed by atoms with Crippen molar-refractivity contribution in [2.75, 3.05) is 27.4 Å². The molecule has 0 aliphatic carbocycles. The number of carbonyl (C=O) groups excluding carboxylic acids is 1. The van der Waals surface area contributed by atoms with Crippen molar-refractivity contribution in [1.29, 1.82) is 0 Å². The van der Waals surface area contributed by atoms with Crippen LogP contribution in [-0.4, -0.2) is 48.0 Å².